The summed E-state index contributed by atoms with van der Waals surface area (Å²) in [4.78, 5) is 10.7. The summed E-state index contributed by atoms with van der Waals surface area (Å²) in [6, 6.07) is 3.18. The summed E-state index contributed by atoms with van der Waals surface area (Å²) in [5.41, 5.74) is 2.31. The van der Waals surface area contributed by atoms with Crippen molar-refractivity contribution in [3.63, 3.8) is 0 Å². The van der Waals surface area contributed by atoms with Crippen LogP contribution in [0.25, 0.3) is 0 Å². The van der Waals surface area contributed by atoms with Gasteiger partial charge in [0.2, 0.25) is 0 Å². The molecule has 1 rings (SSSR count). The van der Waals surface area contributed by atoms with Crippen LogP contribution in [0.2, 0.25) is 0 Å². The van der Waals surface area contributed by atoms with Crippen molar-refractivity contribution in [3.8, 4) is 0 Å². The van der Waals surface area contributed by atoms with E-state index in [9.17, 15) is 9.18 Å². The molecule has 2 nitrogen and oxygen atoms in total. The molecule has 0 heterocycles. The number of aliphatic carboxylic acids is 1. The molecule has 0 aliphatic rings. The summed E-state index contributed by atoms with van der Waals surface area (Å²) in [7, 11) is 0. The third-order valence-electron chi connectivity index (χ3n) is 2.56. The molecule has 0 aliphatic carbocycles. The van der Waals surface area contributed by atoms with Crippen LogP contribution < -0.4 is 0 Å². The fourth-order valence-corrected chi connectivity index (χ4v) is 1.50. The van der Waals surface area contributed by atoms with E-state index in [-0.39, 0.29) is 5.82 Å². The van der Waals surface area contributed by atoms with E-state index in [1.807, 2.05) is 6.92 Å². The van der Waals surface area contributed by atoms with Gasteiger partial charge in [-0.05, 0) is 43.0 Å². The van der Waals surface area contributed by atoms with Gasteiger partial charge in [0.05, 0.1) is 5.92 Å². The highest BCUT2D eigenvalue weighted by atomic mass is 19.1. The smallest absolute Gasteiger partial charge is 0.306 e. The summed E-state index contributed by atoms with van der Waals surface area (Å²) < 4.78 is 13.3. The van der Waals surface area contributed by atoms with Gasteiger partial charge in [-0.2, -0.15) is 0 Å². The first-order valence-electron chi connectivity index (χ1n) is 4.90. The summed E-state index contributed by atoms with van der Waals surface area (Å²) in [5, 5.41) is 8.76. The van der Waals surface area contributed by atoms with Crippen LogP contribution in [0.5, 0.6) is 0 Å². The first kappa shape index (κ1) is 11.7. The summed E-state index contributed by atoms with van der Waals surface area (Å²) in [6.45, 7) is 5.20. The van der Waals surface area contributed by atoms with Gasteiger partial charge >= 0.3 is 5.97 Å². The maximum atomic E-state index is 13.3. The molecule has 0 spiro atoms. The Kier molecular flexibility index (Phi) is 3.45. The summed E-state index contributed by atoms with van der Waals surface area (Å²) in [5.74, 6) is -1.60. The molecule has 0 amide bonds. The number of rotatable bonds is 3. The van der Waals surface area contributed by atoms with Gasteiger partial charge in [-0.1, -0.05) is 13.0 Å². The second-order valence-corrected chi connectivity index (χ2v) is 3.97. The highest BCUT2D eigenvalue weighted by molar-refractivity contribution is 5.70. The van der Waals surface area contributed by atoms with Gasteiger partial charge in [0.25, 0.3) is 0 Å². The normalized spacial score (nSPS) is 12.5. The van der Waals surface area contributed by atoms with E-state index in [2.05, 4.69) is 0 Å². The molecule has 15 heavy (non-hydrogen) atoms. The second-order valence-electron chi connectivity index (χ2n) is 3.97. The van der Waals surface area contributed by atoms with E-state index in [1.54, 1.807) is 19.9 Å². The molecular weight excluding hydrogens is 195 g/mol. The number of hydrogen-bond donors (Lipinski definition) is 1. The topological polar surface area (TPSA) is 37.3 Å². The molecule has 3 heteroatoms. The fraction of sp³-hybridized carbons (Fsp3) is 0.417. The first-order valence-corrected chi connectivity index (χ1v) is 4.90. The van der Waals surface area contributed by atoms with E-state index >= 15 is 0 Å². The van der Waals surface area contributed by atoms with Crippen molar-refractivity contribution in [1.82, 2.24) is 0 Å². The Labute approximate surface area is 88.7 Å². The number of aryl methyl sites for hydroxylation is 2. The zero-order chi connectivity index (χ0) is 11.6. The van der Waals surface area contributed by atoms with Gasteiger partial charge in [0, 0.05) is 0 Å². The van der Waals surface area contributed by atoms with Crippen molar-refractivity contribution in [3.05, 3.63) is 34.6 Å². The van der Waals surface area contributed by atoms with Crippen LogP contribution in [0.4, 0.5) is 4.39 Å². The lowest BCUT2D eigenvalue weighted by molar-refractivity contribution is -0.141. The molecule has 1 atom stereocenters. The minimum Gasteiger partial charge on any atom is -0.481 e. The maximum Gasteiger partial charge on any atom is 0.306 e. The number of carbonyl (C=O) groups is 1. The standard InChI is InChI=1S/C12H15FO2/c1-7-4-8(2)11(13)6-10(7)5-9(3)12(14)15/h4,6,9H,5H2,1-3H3,(H,14,15). The van der Waals surface area contributed by atoms with Gasteiger partial charge in [-0.3, -0.25) is 4.79 Å². The molecule has 1 aromatic carbocycles. The van der Waals surface area contributed by atoms with Crippen molar-refractivity contribution >= 4 is 5.97 Å². The van der Waals surface area contributed by atoms with Crippen LogP contribution in [-0.2, 0) is 11.2 Å². The van der Waals surface area contributed by atoms with Crippen molar-refractivity contribution in [1.29, 1.82) is 0 Å². The predicted octanol–water partition coefficient (Wildman–Crippen LogP) is 2.71. The highest BCUT2D eigenvalue weighted by Crippen LogP contribution is 2.18. The molecule has 1 aromatic rings. The molecule has 0 aromatic heterocycles. The molecule has 1 unspecified atom stereocenters. The molecule has 82 valence electrons. The van der Waals surface area contributed by atoms with E-state index in [4.69, 9.17) is 5.11 Å². The highest BCUT2D eigenvalue weighted by Gasteiger charge is 2.14. The first-order chi connectivity index (χ1) is 6.91. The van der Waals surface area contributed by atoms with Gasteiger partial charge < -0.3 is 5.11 Å². The summed E-state index contributed by atoms with van der Waals surface area (Å²) in [6.07, 6.45) is 0.373. The number of carboxylic acids is 1. The Morgan fingerprint density at radius 2 is 2.00 bits per heavy atom. The van der Waals surface area contributed by atoms with Gasteiger partial charge in [0.1, 0.15) is 5.82 Å². The zero-order valence-electron chi connectivity index (χ0n) is 9.17. The molecule has 0 fully saturated rings. The summed E-state index contributed by atoms with van der Waals surface area (Å²) >= 11 is 0. The fourth-order valence-electron chi connectivity index (χ4n) is 1.50. The van der Waals surface area contributed by atoms with Gasteiger partial charge in [-0.15, -0.1) is 0 Å². The van der Waals surface area contributed by atoms with Crippen LogP contribution >= 0.6 is 0 Å². The maximum absolute atomic E-state index is 13.3. The zero-order valence-corrected chi connectivity index (χ0v) is 9.17. The van der Waals surface area contributed by atoms with Crippen LogP contribution in [0.15, 0.2) is 12.1 Å². The second kappa shape index (κ2) is 4.43. The Bertz CT molecular complexity index is 385. The lowest BCUT2D eigenvalue weighted by atomic mass is 9.96. The Morgan fingerprint density at radius 3 is 2.53 bits per heavy atom. The number of benzene rings is 1. The molecule has 1 N–H and O–H groups in total. The van der Waals surface area contributed by atoms with Crippen molar-refractivity contribution in [2.24, 2.45) is 5.92 Å². The van der Waals surface area contributed by atoms with Crippen molar-refractivity contribution < 1.29 is 14.3 Å². The monoisotopic (exact) mass is 210 g/mol. The van der Waals surface area contributed by atoms with Gasteiger partial charge in [-0.25, -0.2) is 4.39 Å². The lowest BCUT2D eigenvalue weighted by Gasteiger charge is -2.10. The van der Waals surface area contributed by atoms with E-state index < -0.39 is 11.9 Å². The van der Waals surface area contributed by atoms with E-state index in [0.29, 0.717) is 12.0 Å². The quantitative estimate of drug-likeness (QED) is 0.832. The average molecular weight is 210 g/mol. The number of halogens is 1. The minimum atomic E-state index is -0.851. The molecular formula is C12H15FO2. The van der Waals surface area contributed by atoms with Crippen LogP contribution in [0.3, 0.4) is 0 Å². The van der Waals surface area contributed by atoms with E-state index in [1.165, 1.54) is 6.07 Å². The number of hydrogen-bond acceptors (Lipinski definition) is 1. The van der Waals surface area contributed by atoms with Gasteiger partial charge in [0.15, 0.2) is 0 Å². The van der Waals surface area contributed by atoms with Crippen LogP contribution in [0.1, 0.15) is 23.6 Å². The third-order valence-corrected chi connectivity index (χ3v) is 2.56. The minimum absolute atomic E-state index is 0.270. The molecule has 0 radical (unpaired) electrons. The lowest BCUT2D eigenvalue weighted by Crippen LogP contribution is -2.13. The van der Waals surface area contributed by atoms with Crippen molar-refractivity contribution in [2.45, 2.75) is 27.2 Å². The number of carboxylic acid groups (broad SMARTS) is 1. The SMILES string of the molecule is Cc1cc(C)c(CC(C)C(=O)O)cc1F. The van der Waals surface area contributed by atoms with E-state index in [0.717, 1.165) is 11.1 Å². The van der Waals surface area contributed by atoms with Crippen LogP contribution in [-0.4, -0.2) is 11.1 Å². The largest absolute Gasteiger partial charge is 0.481 e. The molecule has 0 bridgehead atoms. The molecule has 0 saturated heterocycles. The Hall–Kier alpha value is -1.38. The van der Waals surface area contributed by atoms with Crippen LogP contribution in [0, 0.1) is 25.6 Å². The average Bonchev–Trinajstić information content (AvgIpc) is 2.13. The Balaban J connectivity index is 2.95. The third kappa shape index (κ3) is 2.78. The molecule has 0 aliphatic heterocycles. The molecule has 0 saturated carbocycles. The Morgan fingerprint density at radius 1 is 1.40 bits per heavy atom. The predicted molar refractivity (Wildman–Crippen MR) is 56.4 cm³/mol. The van der Waals surface area contributed by atoms with Crippen molar-refractivity contribution in [2.75, 3.05) is 0 Å².